The van der Waals surface area contributed by atoms with Crippen LogP contribution in [0.15, 0.2) is 46.3 Å². The Morgan fingerprint density at radius 1 is 1.29 bits per heavy atom. The van der Waals surface area contributed by atoms with Crippen molar-refractivity contribution in [2.45, 2.75) is 32.5 Å². The average molecular weight is 409 g/mol. The van der Waals surface area contributed by atoms with E-state index in [1.807, 2.05) is 13.8 Å². The van der Waals surface area contributed by atoms with Crippen molar-refractivity contribution < 1.29 is 22.5 Å². The Hall–Kier alpha value is -2.68. The molecule has 0 aliphatic carbocycles. The van der Waals surface area contributed by atoms with E-state index in [9.17, 15) is 18.0 Å². The maximum Gasteiger partial charge on any atom is 0.416 e. The summed E-state index contributed by atoms with van der Waals surface area (Å²) in [5.41, 5.74) is -0.599. The zero-order valence-corrected chi connectivity index (χ0v) is 16.0. The molecular formula is C19H18F3N3O2S. The lowest BCUT2D eigenvalue weighted by Crippen LogP contribution is -2.32. The van der Waals surface area contributed by atoms with Gasteiger partial charge in [-0.05, 0) is 29.5 Å². The van der Waals surface area contributed by atoms with Crippen LogP contribution in [0.3, 0.4) is 0 Å². The molecule has 0 unspecified atom stereocenters. The molecular weight excluding hydrogens is 391 g/mol. The minimum Gasteiger partial charge on any atom is -0.339 e. The lowest BCUT2D eigenvalue weighted by Gasteiger charge is -2.20. The van der Waals surface area contributed by atoms with Gasteiger partial charge in [0.05, 0.1) is 10.4 Å². The maximum absolute atomic E-state index is 12.9. The van der Waals surface area contributed by atoms with Gasteiger partial charge in [-0.25, -0.2) is 0 Å². The molecule has 0 saturated heterocycles. The summed E-state index contributed by atoms with van der Waals surface area (Å²) in [5, 5.41) is 8.49. The number of rotatable bonds is 6. The zero-order chi connectivity index (χ0) is 20.3. The molecule has 0 fully saturated rings. The van der Waals surface area contributed by atoms with Crippen molar-refractivity contribution in [3.05, 3.63) is 58.1 Å². The van der Waals surface area contributed by atoms with E-state index >= 15 is 0 Å². The number of carbonyl (C=O) groups is 1. The van der Waals surface area contributed by atoms with Crippen molar-refractivity contribution in [1.29, 1.82) is 0 Å². The number of nitrogens with one attached hydrogen (secondary N) is 1. The van der Waals surface area contributed by atoms with Crippen LogP contribution in [0.1, 0.15) is 47.4 Å². The third-order valence-corrected chi connectivity index (χ3v) is 5.27. The Morgan fingerprint density at radius 2 is 2.07 bits per heavy atom. The number of hydrogen-bond acceptors (Lipinski definition) is 5. The predicted molar refractivity (Wildman–Crippen MR) is 98.7 cm³/mol. The summed E-state index contributed by atoms with van der Waals surface area (Å²) in [6, 6.07) is 7.65. The lowest BCUT2D eigenvalue weighted by molar-refractivity contribution is -0.137. The van der Waals surface area contributed by atoms with E-state index in [1.54, 1.807) is 17.5 Å². The fraction of sp³-hybridized carbons (Fsp3) is 0.316. The first-order valence-electron chi connectivity index (χ1n) is 8.65. The highest BCUT2D eigenvalue weighted by Crippen LogP contribution is 2.32. The van der Waals surface area contributed by atoms with Crippen molar-refractivity contribution in [3.8, 4) is 11.4 Å². The number of halogens is 3. The van der Waals surface area contributed by atoms with Gasteiger partial charge in [0.15, 0.2) is 0 Å². The van der Waals surface area contributed by atoms with E-state index in [4.69, 9.17) is 4.52 Å². The van der Waals surface area contributed by atoms with Crippen molar-refractivity contribution in [1.82, 2.24) is 15.5 Å². The fourth-order valence-corrected chi connectivity index (χ4v) is 3.24. The van der Waals surface area contributed by atoms with E-state index in [0.717, 1.165) is 18.6 Å². The van der Waals surface area contributed by atoms with Gasteiger partial charge < -0.3 is 9.84 Å². The van der Waals surface area contributed by atoms with Gasteiger partial charge in [-0.2, -0.15) is 18.2 Å². The number of nitrogens with zero attached hydrogens (tertiary/aromatic N) is 2. The van der Waals surface area contributed by atoms with Gasteiger partial charge in [0, 0.05) is 5.56 Å². The van der Waals surface area contributed by atoms with Crippen molar-refractivity contribution in [3.63, 3.8) is 0 Å². The Labute approximate surface area is 163 Å². The third-order valence-electron chi connectivity index (χ3n) is 4.40. The summed E-state index contributed by atoms with van der Waals surface area (Å²) >= 11 is 1.31. The van der Waals surface area contributed by atoms with Gasteiger partial charge in [0.1, 0.15) is 6.04 Å². The molecule has 3 rings (SSSR count). The Bertz CT molecular complexity index is 938. The van der Waals surface area contributed by atoms with Crippen LogP contribution in [0.4, 0.5) is 13.2 Å². The molecule has 0 radical (unpaired) electrons. The van der Waals surface area contributed by atoms with Gasteiger partial charge in [0.2, 0.25) is 11.7 Å². The summed E-state index contributed by atoms with van der Waals surface area (Å²) in [6.45, 7) is 3.88. The number of benzene rings is 1. The predicted octanol–water partition coefficient (Wildman–Crippen LogP) is 5.33. The van der Waals surface area contributed by atoms with Crippen LogP contribution in [0.5, 0.6) is 0 Å². The number of aromatic nitrogens is 2. The number of hydrogen-bond donors (Lipinski definition) is 1. The first kappa shape index (κ1) is 20.1. The van der Waals surface area contributed by atoms with Crippen molar-refractivity contribution in [2.75, 3.05) is 0 Å². The Balaban J connectivity index is 1.87. The van der Waals surface area contributed by atoms with E-state index in [1.165, 1.54) is 23.5 Å². The summed E-state index contributed by atoms with van der Waals surface area (Å²) in [4.78, 5) is 17.2. The highest BCUT2D eigenvalue weighted by molar-refractivity contribution is 7.12. The molecule has 2 heterocycles. The van der Waals surface area contributed by atoms with Crippen LogP contribution in [-0.4, -0.2) is 16.0 Å². The second-order valence-electron chi connectivity index (χ2n) is 6.35. The maximum atomic E-state index is 12.9. The summed E-state index contributed by atoms with van der Waals surface area (Å²) in [5.74, 6) is -0.0794. The summed E-state index contributed by atoms with van der Waals surface area (Å²) in [6.07, 6.45) is -3.73. The van der Waals surface area contributed by atoms with E-state index in [2.05, 4.69) is 15.5 Å². The van der Waals surface area contributed by atoms with Crippen LogP contribution in [-0.2, 0) is 6.18 Å². The van der Waals surface area contributed by atoms with E-state index in [-0.39, 0.29) is 29.1 Å². The Morgan fingerprint density at radius 3 is 2.71 bits per heavy atom. The molecule has 1 aromatic carbocycles. The molecule has 148 valence electrons. The summed E-state index contributed by atoms with van der Waals surface area (Å²) in [7, 11) is 0. The number of alkyl halides is 3. The largest absolute Gasteiger partial charge is 0.416 e. The van der Waals surface area contributed by atoms with Gasteiger partial charge in [0.25, 0.3) is 5.91 Å². The average Bonchev–Trinajstić information content (AvgIpc) is 3.36. The quantitative estimate of drug-likeness (QED) is 0.597. The van der Waals surface area contributed by atoms with Gasteiger partial charge in [-0.3, -0.25) is 4.79 Å². The van der Waals surface area contributed by atoms with E-state index in [0.29, 0.717) is 4.88 Å². The highest BCUT2D eigenvalue weighted by atomic mass is 32.1. The first-order chi connectivity index (χ1) is 13.3. The van der Waals surface area contributed by atoms with Gasteiger partial charge in [-0.1, -0.05) is 43.6 Å². The molecule has 0 aliphatic rings. The van der Waals surface area contributed by atoms with Crippen molar-refractivity contribution >= 4 is 17.2 Å². The fourth-order valence-electron chi connectivity index (χ4n) is 2.62. The molecule has 5 nitrogen and oxygen atoms in total. The van der Waals surface area contributed by atoms with Crippen LogP contribution >= 0.6 is 11.3 Å². The molecule has 2 aromatic heterocycles. The van der Waals surface area contributed by atoms with E-state index < -0.39 is 17.8 Å². The number of carbonyl (C=O) groups excluding carboxylic acids is 1. The minimum absolute atomic E-state index is 0.0151. The molecule has 0 bridgehead atoms. The van der Waals surface area contributed by atoms with Gasteiger partial charge in [-0.15, -0.1) is 11.3 Å². The lowest BCUT2D eigenvalue weighted by atomic mass is 9.99. The summed E-state index contributed by atoms with van der Waals surface area (Å²) < 4.78 is 44.1. The van der Waals surface area contributed by atoms with Crippen molar-refractivity contribution in [2.24, 2.45) is 5.92 Å². The SMILES string of the molecule is CC[C@H](C)[C@H](NC(=O)c1cccs1)c1nc(-c2cccc(C(F)(F)F)c2)no1. The second kappa shape index (κ2) is 8.14. The minimum atomic E-state index is -4.46. The number of amides is 1. The Kier molecular flexibility index (Phi) is 5.83. The molecule has 2 atom stereocenters. The highest BCUT2D eigenvalue weighted by Gasteiger charge is 2.31. The van der Waals surface area contributed by atoms with Crippen LogP contribution in [0.25, 0.3) is 11.4 Å². The molecule has 0 spiro atoms. The molecule has 1 amide bonds. The topological polar surface area (TPSA) is 68.0 Å². The zero-order valence-electron chi connectivity index (χ0n) is 15.2. The molecule has 0 saturated carbocycles. The van der Waals surface area contributed by atoms with Crippen LogP contribution in [0, 0.1) is 5.92 Å². The third kappa shape index (κ3) is 4.41. The second-order valence-corrected chi connectivity index (χ2v) is 7.30. The van der Waals surface area contributed by atoms with Gasteiger partial charge >= 0.3 is 6.18 Å². The van der Waals surface area contributed by atoms with Crippen LogP contribution in [0.2, 0.25) is 0 Å². The van der Waals surface area contributed by atoms with Crippen LogP contribution < -0.4 is 5.32 Å². The smallest absolute Gasteiger partial charge is 0.339 e. The standard InChI is InChI=1S/C19H18F3N3O2S/c1-3-11(2)15(23-17(26)14-8-5-9-28-14)18-24-16(25-27-18)12-6-4-7-13(10-12)19(20,21)22/h4-11,15H,3H2,1-2H3,(H,23,26)/t11-,15-/m0/s1. The molecule has 1 N–H and O–H groups in total. The molecule has 28 heavy (non-hydrogen) atoms. The normalized spacial score (nSPS) is 13.9. The first-order valence-corrected chi connectivity index (χ1v) is 9.53. The monoisotopic (exact) mass is 409 g/mol. The molecule has 9 heteroatoms. The molecule has 0 aliphatic heterocycles. The molecule has 3 aromatic rings. The number of thiophene rings is 1.